The normalized spacial score (nSPS) is 17.6. The number of carbonyl (C=O) groups excluding carboxylic acids is 2. The van der Waals surface area contributed by atoms with Crippen LogP contribution in [0.2, 0.25) is 0 Å². The molecule has 0 atom stereocenters. The molecule has 2 fully saturated rings. The Hall–Kier alpha value is -2.04. The van der Waals surface area contributed by atoms with Crippen LogP contribution in [0.25, 0.3) is 0 Å². The fourth-order valence-electron chi connectivity index (χ4n) is 2.65. The molecular weight excluding hydrogens is 268 g/mol. The molecule has 0 bridgehead atoms. The standard InChI is InChI=1S/C16H20N2O3/c17-14(19)9-21-13-3-1-2-12(8-13)16(20)18-15(10-4-5-10)11-6-7-11/h1-3,8,10-11,15H,4-7,9H2,(H2,17,19)(H,18,20). The summed E-state index contributed by atoms with van der Waals surface area (Å²) in [6, 6.07) is 7.18. The van der Waals surface area contributed by atoms with Crippen molar-refractivity contribution < 1.29 is 14.3 Å². The van der Waals surface area contributed by atoms with Gasteiger partial charge in [0.15, 0.2) is 6.61 Å². The van der Waals surface area contributed by atoms with Crippen molar-refractivity contribution in [2.24, 2.45) is 17.6 Å². The van der Waals surface area contributed by atoms with Crippen LogP contribution in [0.3, 0.4) is 0 Å². The highest BCUT2D eigenvalue weighted by Gasteiger charge is 2.42. The molecule has 0 aromatic heterocycles. The van der Waals surface area contributed by atoms with Gasteiger partial charge in [-0.15, -0.1) is 0 Å². The predicted octanol–water partition coefficient (Wildman–Crippen LogP) is 1.47. The van der Waals surface area contributed by atoms with Crippen molar-refractivity contribution >= 4 is 11.8 Å². The summed E-state index contributed by atoms with van der Waals surface area (Å²) < 4.78 is 5.23. The molecule has 2 aliphatic carbocycles. The first-order valence-corrected chi connectivity index (χ1v) is 7.45. The van der Waals surface area contributed by atoms with E-state index in [0.717, 1.165) is 0 Å². The molecule has 1 aromatic carbocycles. The summed E-state index contributed by atoms with van der Waals surface area (Å²) in [6.07, 6.45) is 4.90. The van der Waals surface area contributed by atoms with Gasteiger partial charge < -0.3 is 15.8 Å². The zero-order valence-corrected chi connectivity index (χ0v) is 11.9. The number of hydrogen-bond donors (Lipinski definition) is 2. The Labute approximate surface area is 123 Å². The van der Waals surface area contributed by atoms with Crippen molar-refractivity contribution in [3.8, 4) is 5.75 Å². The molecule has 0 radical (unpaired) electrons. The summed E-state index contributed by atoms with van der Waals surface area (Å²) in [5, 5.41) is 3.16. The minimum absolute atomic E-state index is 0.0664. The lowest BCUT2D eigenvalue weighted by Crippen LogP contribution is -2.38. The number of nitrogens with two attached hydrogens (primary N) is 1. The van der Waals surface area contributed by atoms with E-state index >= 15 is 0 Å². The largest absolute Gasteiger partial charge is 0.484 e. The van der Waals surface area contributed by atoms with E-state index in [4.69, 9.17) is 10.5 Å². The molecule has 112 valence electrons. The third-order valence-corrected chi connectivity index (χ3v) is 4.03. The molecule has 0 saturated heterocycles. The van der Waals surface area contributed by atoms with Crippen LogP contribution in [0.1, 0.15) is 36.0 Å². The van der Waals surface area contributed by atoms with E-state index in [0.29, 0.717) is 29.2 Å². The number of primary amides is 1. The van der Waals surface area contributed by atoms with Crippen molar-refractivity contribution in [1.29, 1.82) is 0 Å². The van der Waals surface area contributed by atoms with Crippen molar-refractivity contribution in [3.05, 3.63) is 29.8 Å². The van der Waals surface area contributed by atoms with Crippen LogP contribution in [0, 0.1) is 11.8 Å². The topological polar surface area (TPSA) is 81.4 Å². The Morgan fingerprint density at radius 2 is 1.90 bits per heavy atom. The molecule has 0 unspecified atom stereocenters. The highest BCUT2D eigenvalue weighted by Crippen LogP contribution is 2.44. The van der Waals surface area contributed by atoms with Crippen molar-refractivity contribution in [3.63, 3.8) is 0 Å². The molecule has 1 aromatic rings. The van der Waals surface area contributed by atoms with Crippen LogP contribution in [0.5, 0.6) is 5.75 Å². The second-order valence-corrected chi connectivity index (χ2v) is 5.96. The second-order valence-electron chi connectivity index (χ2n) is 5.96. The van der Waals surface area contributed by atoms with Gasteiger partial charge in [0.25, 0.3) is 11.8 Å². The molecule has 0 heterocycles. The maximum atomic E-state index is 12.4. The number of ether oxygens (including phenoxy) is 1. The summed E-state index contributed by atoms with van der Waals surface area (Å²) in [5.74, 6) is 1.21. The monoisotopic (exact) mass is 288 g/mol. The quantitative estimate of drug-likeness (QED) is 0.797. The van der Waals surface area contributed by atoms with Gasteiger partial charge in [0.2, 0.25) is 0 Å². The molecule has 21 heavy (non-hydrogen) atoms. The average molecular weight is 288 g/mol. The smallest absolute Gasteiger partial charge is 0.255 e. The summed E-state index contributed by atoms with van der Waals surface area (Å²) in [7, 11) is 0. The van der Waals surface area contributed by atoms with Gasteiger partial charge in [-0.3, -0.25) is 9.59 Å². The lowest BCUT2D eigenvalue weighted by atomic mass is 10.1. The van der Waals surface area contributed by atoms with E-state index in [9.17, 15) is 9.59 Å². The highest BCUT2D eigenvalue weighted by molar-refractivity contribution is 5.94. The molecule has 2 aliphatic rings. The minimum atomic E-state index is -0.535. The summed E-state index contributed by atoms with van der Waals surface area (Å²) in [4.78, 5) is 23.1. The summed E-state index contributed by atoms with van der Waals surface area (Å²) >= 11 is 0. The first kappa shape index (κ1) is 13.9. The van der Waals surface area contributed by atoms with E-state index in [1.807, 2.05) is 0 Å². The Morgan fingerprint density at radius 1 is 1.24 bits per heavy atom. The van der Waals surface area contributed by atoms with E-state index < -0.39 is 5.91 Å². The average Bonchev–Trinajstić information content (AvgIpc) is 3.36. The zero-order valence-electron chi connectivity index (χ0n) is 11.9. The second kappa shape index (κ2) is 5.76. The first-order valence-electron chi connectivity index (χ1n) is 7.45. The SMILES string of the molecule is NC(=O)COc1cccc(C(=O)NC(C2CC2)C2CC2)c1. The van der Waals surface area contributed by atoms with Crippen LogP contribution in [0.4, 0.5) is 0 Å². The molecular formula is C16H20N2O3. The van der Waals surface area contributed by atoms with E-state index in [-0.39, 0.29) is 12.5 Å². The Balaban J connectivity index is 1.63. The molecule has 2 saturated carbocycles. The van der Waals surface area contributed by atoms with Crippen molar-refractivity contribution in [1.82, 2.24) is 5.32 Å². The van der Waals surface area contributed by atoms with Gasteiger partial charge in [0.1, 0.15) is 5.75 Å². The fraction of sp³-hybridized carbons (Fsp3) is 0.500. The molecule has 3 rings (SSSR count). The third-order valence-electron chi connectivity index (χ3n) is 4.03. The van der Waals surface area contributed by atoms with Crippen LogP contribution in [-0.4, -0.2) is 24.5 Å². The number of nitrogens with one attached hydrogen (secondary N) is 1. The summed E-state index contributed by atoms with van der Waals surface area (Å²) in [5.41, 5.74) is 5.60. The maximum Gasteiger partial charge on any atom is 0.255 e. The first-order chi connectivity index (χ1) is 10.1. The molecule has 5 heteroatoms. The predicted molar refractivity (Wildman–Crippen MR) is 77.8 cm³/mol. The van der Waals surface area contributed by atoms with Crippen LogP contribution >= 0.6 is 0 Å². The van der Waals surface area contributed by atoms with Gasteiger partial charge >= 0.3 is 0 Å². The third kappa shape index (κ3) is 3.74. The summed E-state index contributed by atoms with van der Waals surface area (Å²) in [6.45, 7) is -0.183. The molecule has 3 N–H and O–H groups in total. The Bertz CT molecular complexity index is 538. The molecule has 0 spiro atoms. The van der Waals surface area contributed by atoms with Gasteiger partial charge in [-0.1, -0.05) is 6.07 Å². The number of rotatable bonds is 7. The van der Waals surface area contributed by atoms with Gasteiger partial charge in [-0.2, -0.15) is 0 Å². The number of hydrogen-bond acceptors (Lipinski definition) is 3. The zero-order chi connectivity index (χ0) is 14.8. The van der Waals surface area contributed by atoms with Gasteiger partial charge in [0.05, 0.1) is 0 Å². The minimum Gasteiger partial charge on any atom is -0.484 e. The van der Waals surface area contributed by atoms with E-state index in [2.05, 4.69) is 5.32 Å². The van der Waals surface area contributed by atoms with E-state index in [1.54, 1.807) is 24.3 Å². The van der Waals surface area contributed by atoms with Crippen molar-refractivity contribution in [2.75, 3.05) is 6.61 Å². The van der Waals surface area contributed by atoms with Gasteiger partial charge in [-0.05, 0) is 55.7 Å². The fourth-order valence-corrected chi connectivity index (χ4v) is 2.65. The maximum absolute atomic E-state index is 12.4. The lowest BCUT2D eigenvalue weighted by molar-refractivity contribution is -0.119. The number of carbonyl (C=O) groups is 2. The van der Waals surface area contributed by atoms with Crippen LogP contribution < -0.4 is 15.8 Å². The van der Waals surface area contributed by atoms with Crippen LogP contribution in [0.15, 0.2) is 24.3 Å². The lowest BCUT2D eigenvalue weighted by Gasteiger charge is -2.17. The number of benzene rings is 1. The van der Waals surface area contributed by atoms with Gasteiger partial charge in [0, 0.05) is 11.6 Å². The molecule has 5 nitrogen and oxygen atoms in total. The number of amides is 2. The highest BCUT2D eigenvalue weighted by atomic mass is 16.5. The van der Waals surface area contributed by atoms with Crippen molar-refractivity contribution in [2.45, 2.75) is 31.7 Å². The van der Waals surface area contributed by atoms with Crippen LogP contribution in [-0.2, 0) is 4.79 Å². The Kier molecular flexibility index (Phi) is 3.82. The Morgan fingerprint density at radius 3 is 2.48 bits per heavy atom. The molecule has 0 aliphatic heterocycles. The van der Waals surface area contributed by atoms with Gasteiger partial charge in [-0.25, -0.2) is 0 Å². The molecule has 2 amide bonds. The van der Waals surface area contributed by atoms with E-state index in [1.165, 1.54) is 25.7 Å².